The van der Waals surface area contributed by atoms with Gasteiger partial charge in [0.05, 0.1) is 13.2 Å². The summed E-state index contributed by atoms with van der Waals surface area (Å²) in [6.45, 7) is 5.97. The molecule has 1 aliphatic heterocycles. The Hall–Kier alpha value is -0.470. The van der Waals surface area contributed by atoms with Gasteiger partial charge >= 0.3 is 0 Å². The summed E-state index contributed by atoms with van der Waals surface area (Å²) in [6.07, 6.45) is 2.39. The van der Waals surface area contributed by atoms with E-state index in [2.05, 4.69) is 18.6 Å². The Labute approximate surface area is 130 Å². The minimum absolute atomic E-state index is 0.0646. The maximum absolute atomic E-state index is 12.0. The van der Waals surface area contributed by atoms with Gasteiger partial charge in [-0.1, -0.05) is 19.9 Å². The lowest BCUT2D eigenvalue weighted by Crippen LogP contribution is -2.34. The third kappa shape index (κ3) is 4.26. The van der Waals surface area contributed by atoms with Gasteiger partial charge in [0.25, 0.3) is 0 Å². The molecule has 1 unspecified atom stereocenters. The third-order valence-corrected chi connectivity index (χ3v) is 6.83. The molecule has 0 bridgehead atoms. The maximum atomic E-state index is 12.0. The zero-order valence-electron chi connectivity index (χ0n) is 12.5. The van der Waals surface area contributed by atoms with Crippen molar-refractivity contribution in [2.45, 2.75) is 43.6 Å². The molecular weight excluding hydrogens is 310 g/mol. The Morgan fingerprint density at radius 2 is 2.14 bits per heavy atom. The van der Waals surface area contributed by atoms with Crippen LogP contribution in [0.25, 0.3) is 0 Å². The fraction of sp³-hybridized carbons (Fsp3) is 0.714. The first-order valence-electron chi connectivity index (χ1n) is 7.24. The van der Waals surface area contributed by atoms with Gasteiger partial charge < -0.3 is 9.47 Å². The van der Waals surface area contributed by atoms with E-state index in [1.54, 1.807) is 17.5 Å². The first-order chi connectivity index (χ1) is 9.98. The van der Waals surface area contributed by atoms with Gasteiger partial charge in [0.15, 0.2) is 6.29 Å². The van der Waals surface area contributed by atoms with E-state index in [9.17, 15) is 8.42 Å². The van der Waals surface area contributed by atoms with E-state index in [1.807, 2.05) is 0 Å². The lowest BCUT2D eigenvalue weighted by molar-refractivity contribution is -0.131. The largest absolute Gasteiger partial charge is 0.350 e. The zero-order chi connectivity index (χ0) is 15.3. The fourth-order valence-corrected chi connectivity index (χ4v) is 4.52. The number of thiophene rings is 1. The van der Waals surface area contributed by atoms with Crippen LogP contribution in [0.3, 0.4) is 0 Å². The molecule has 0 radical (unpaired) electrons. The van der Waals surface area contributed by atoms with Gasteiger partial charge in [-0.3, -0.25) is 0 Å². The van der Waals surface area contributed by atoms with Crippen LogP contribution in [-0.2, 0) is 19.5 Å². The van der Waals surface area contributed by atoms with Crippen molar-refractivity contribution >= 4 is 21.4 Å². The zero-order valence-corrected chi connectivity index (χ0v) is 14.1. The van der Waals surface area contributed by atoms with Crippen LogP contribution in [0.5, 0.6) is 0 Å². The SMILES string of the molecule is CCC(C)(CCCNS(=O)(=O)c1cccs1)C1OCCO1. The summed E-state index contributed by atoms with van der Waals surface area (Å²) in [5.74, 6) is 0. The highest BCUT2D eigenvalue weighted by Gasteiger charge is 2.36. The van der Waals surface area contributed by atoms with E-state index in [-0.39, 0.29) is 11.7 Å². The smallest absolute Gasteiger partial charge is 0.250 e. The van der Waals surface area contributed by atoms with Crippen LogP contribution in [-0.4, -0.2) is 34.5 Å². The molecule has 2 rings (SSSR count). The van der Waals surface area contributed by atoms with Crippen LogP contribution in [0.2, 0.25) is 0 Å². The summed E-state index contributed by atoms with van der Waals surface area (Å²) in [4.78, 5) is 0. The Balaban J connectivity index is 1.81. The number of sulfonamides is 1. The van der Waals surface area contributed by atoms with Gasteiger partial charge in [-0.05, 0) is 30.7 Å². The number of hydrogen-bond acceptors (Lipinski definition) is 5. The third-order valence-electron chi connectivity index (χ3n) is 3.98. The molecule has 21 heavy (non-hydrogen) atoms. The first kappa shape index (κ1) is 16.9. The van der Waals surface area contributed by atoms with Crippen molar-refractivity contribution in [1.29, 1.82) is 0 Å². The Kier molecular flexibility index (Phi) is 5.79. The van der Waals surface area contributed by atoms with E-state index in [4.69, 9.17) is 9.47 Å². The highest BCUT2D eigenvalue weighted by Crippen LogP contribution is 2.35. The normalized spacial score (nSPS) is 19.7. The Bertz CT molecular complexity index is 523. The van der Waals surface area contributed by atoms with Gasteiger partial charge in [0.1, 0.15) is 4.21 Å². The molecule has 5 nitrogen and oxygen atoms in total. The van der Waals surface area contributed by atoms with Crippen molar-refractivity contribution in [2.75, 3.05) is 19.8 Å². The van der Waals surface area contributed by atoms with Crippen LogP contribution in [0.15, 0.2) is 21.7 Å². The minimum Gasteiger partial charge on any atom is -0.350 e. The number of ether oxygens (including phenoxy) is 2. The van der Waals surface area contributed by atoms with Gasteiger partial charge in [0, 0.05) is 12.0 Å². The first-order valence-corrected chi connectivity index (χ1v) is 9.60. The number of hydrogen-bond donors (Lipinski definition) is 1. The molecular formula is C14H23NO4S2. The molecule has 0 spiro atoms. The predicted octanol–water partition coefficient (Wildman–Crippen LogP) is 2.60. The van der Waals surface area contributed by atoms with E-state index in [1.165, 1.54) is 11.3 Å². The summed E-state index contributed by atoms with van der Waals surface area (Å²) in [5.41, 5.74) is -0.0646. The van der Waals surface area contributed by atoms with Gasteiger partial charge in [-0.15, -0.1) is 11.3 Å². The summed E-state index contributed by atoms with van der Waals surface area (Å²) in [5, 5.41) is 1.76. The number of rotatable bonds is 8. The van der Waals surface area contributed by atoms with Crippen molar-refractivity contribution in [2.24, 2.45) is 5.41 Å². The molecule has 0 aliphatic carbocycles. The molecule has 1 N–H and O–H groups in total. The molecule has 120 valence electrons. The van der Waals surface area contributed by atoms with E-state index < -0.39 is 10.0 Å². The highest BCUT2D eigenvalue weighted by atomic mass is 32.2. The van der Waals surface area contributed by atoms with Crippen molar-refractivity contribution in [3.05, 3.63) is 17.5 Å². The summed E-state index contributed by atoms with van der Waals surface area (Å²) in [6, 6.07) is 3.35. The van der Waals surface area contributed by atoms with Gasteiger partial charge in [-0.2, -0.15) is 0 Å². The van der Waals surface area contributed by atoms with E-state index in [0.29, 0.717) is 24.0 Å². The van der Waals surface area contributed by atoms with Crippen molar-refractivity contribution in [3.8, 4) is 0 Å². The van der Waals surface area contributed by atoms with Crippen molar-refractivity contribution in [1.82, 2.24) is 4.72 Å². The van der Waals surface area contributed by atoms with Crippen molar-refractivity contribution < 1.29 is 17.9 Å². The molecule has 0 amide bonds. The average Bonchev–Trinajstić information content (AvgIpc) is 3.15. The summed E-state index contributed by atoms with van der Waals surface area (Å²) in [7, 11) is -3.35. The summed E-state index contributed by atoms with van der Waals surface area (Å²) >= 11 is 1.23. The molecule has 1 saturated heterocycles. The molecule has 1 atom stereocenters. The Morgan fingerprint density at radius 1 is 1.43 bits per heavy atom. The molecule has 2 heterocycles. The minimum atomic E-state index is -3.35. The molecule has 1 aliphatic rings. The monoisotopic (exact) mass is 333 g/mol. The molecule has 1 aromatic heterocycles. The van der Waals surface area contributed by atoms with Gasteiger partial charge in [0.2, 0.25) is 10.0 Å². The second-order valence-electron chi connectivity index (χ2n) is 5.51. The predicted molar refractivity (Wildman–Crippen MR) is 82.8 cm³/mol. The molecule has 1 fully saturated rings. The summed E-state index contributed by atoms with van der Waals surface area (Å²) < 4.78 is 38.2. The van der Waals surface area contributed by atoms with E-state index >= 15 is 0 Å². The standard InChI is InChI=1S/C14H23NO4S2/c1-3-14(2,13-18-9-10-19-13)7-5-8-15-21(16,17)12-6-4-11-20-12/h4,6,11,13,15H,3,5,7-10H2,1-2H3. The second kappa shape index (κ2) is 7.19. The second-order valence-corrected chi connectivity index (χ2v) is 8.46. The van der Waals surface area contributed by atoms with Crippen LogP contribution in [0, 0.1) is 5.41 Å². The van der Waals surface area contributed by atoms with Crippen LogP contribution in [0.1, 0.15) is 33.1 Å². The fourth-order valence-electron chi connectivity index (χ4n) is 2.41. The van der Waals surface area contributed by atoms with Gasteiger partial charge in [-0.25, -0.2) is 13.1 Å². The van der Waals surface area contributed by atoms with Crippen molar-refractivity contribution in [3.63, 3.8) is 0 Å². The highest BCUT2D eigenvalue weighted by molar-refractivity contribution is 7.91. The average molecular weight is 333 g/mol. The topological polar surface area (TPSA) is 64.6 Å². The molecule has 0 saturated carbocycles. The lowest BCUT2D eigenvalue weighted by Gasteiger charge is -2.33. The van der Waals surface area contributed by atoms with Crippen LogP contribution >= 0.6 is 11.3 Å². The molecule has 1 aromatic rings. The van der Waals surface area contributed by atoms with Crippen LogP contribution in [0.4, 0.5) is 0 Å². The molecule has 7 heteroatoms. The lowest BCUT2D eigenvalue weighted by atomic mass is 9.82. The van der Waals surface area contributed by atoms with Crippen LogP contribution < -0.4 is 4.72 Å². The maximum Gasteiger partial charge on any atom is 0.250 e. The number of nitrogens with one attached hydrogen (secondary N) is 1. The Morgan fingerprint density at radius 3 is 2.71 bits per heavy atom. The van der Waals surface area contributed by atoms with E-state index in [0.717, 1.165) is 19.3 Å². The molecule has 0 aromatic carbocycles. The quantitative estimate of drug-likeness (QED) is 0.743.